The summed E-state index contributed by atoms with van der Waals surface area (Å²) >= 11 is 1.28. The molecule has 0 fully saturated rings. The molecule has 150 valence electrons. The first kappa shape index (κ1) is 23.4. The fourth-order valence-corrected chi connectivity index (χ4v) is 2.54. The minimum atomic E-state index is -0.672. The molecule has 1 aromatic carbocycles. The van der Waals surface area contributed by atoms with Gasteiger partial charge in [-0.15, -0.1) is 0 Å². The average molecular weight is 490 g/mol. The predicted molar refractivity (Wildman–Crippen MR) is 101 cm³/mol. The number of nitrogens with one attached hydrogen (secondary N) is 3. The van der Waals surface area contributed by atoms with Gasteiger partial charge in [-0.1, -0.05) is 39.8 Å². The summed E-state index contributed by atoms with van der Waals surface area (Å²) in [7, 11) is 0. The molecule has 8 heteroatoms. The summed E-state index contributed by atoms with van der Waals surface area (Å²) in [4.78, 5) is 35.6. The van der Waals surface area contributed by atoms with Gasteiger partial charge >= 0.3 is 26.6 Å². The number of anilines is 1. The third kappa shape index (κ3) is 8.70. The lowest BCUT2D eigenvalue weighted by Crippen LogP contribution is -3.38. The Bertz CT molecular complexity index is 647. The number of rotatable bonds is 9. The van der Waals surface area contributed by atoms with E-state index < -0.39 is 6.04 Å². The Kier molecular flexibility index (Phi) is 9.71. The highest BCUT2D eigenvalue weighted by Gasteiger charge is 2.25. The second-order valence-corrected chi connectivity index (χ2v) is 7.95. The summed E-state index contributed by atoms with van der Waals surface area (Å²) in [6.45, 7) is 9.71. The van der Waals surface area contributed by atoms with Crippen molar-refractivity contribution in [3.8, 4) is 0 Å². The first-order valence-electron chi connectivity index (χ1n) is 8.90. The van der Waals surface area contributed by atoms with Gasteiger partial charge in [-0.3, -0.25) is 9.59 Å². The van der Waals surface area contributed by atoms with E-state index in [1.54, 1.807) is 31.2 Å². The molecule has 0 aliphatic carbocycles. The average Bonchev–Trinajstić information content (AvgIpc) is 2.58. The van der Waals surface area contributed by atoms with Crippen molar-refractivity contribution in [3.05, 3.63) is 29.8 Å². The second-order valence-electron chi connectivity index (χ2n) is 7.00. The third-order valence-electron chi connectivity index (χ3n) is 3.79. The van der Waals surface area contributed by atoms with Gasteiger partial charge in [-0.25, -0.2) is 0 Å². The van der Waals surface area contributed by atoms with Crippen LogP contribution in [0.2, 0.25) is 0 Å². The zero-order valence-electron chi connectivity index (χ0n) is 16.4. The Labute approximate surface area is 174 Å². The fraction of sp³-hybridized carbons (Fsp3) is 0.526. The molecule has 0 unspecified atom stereocenters. The number of halogens is 1. The van der Waals surface area contributed by atoms with Gasteiger partial charge in [0.15, 0.2) is 0 Å². The van der Waals surface area contributed by atoms with Crippen LogP contribution in [0.3, 0.4) is 0 Å². The van der Waals surface area contributed by atoms with Crippen molar-refractivity contribution in [3.63, 3.8) is 0 Å². The maximum atomic E-state index is 12.5. The predicted octanol–water partition coefficient (Wildman–Crippen LogP) is -0.925. The molecule has 0 aliphatic rings. The lowest BCUT2D eigenvalue weighted by molar-refractivity contribution is -0.284. The van der Waals surface area contributed by atoms with E-state index >= 15 is 0 Å². The molecular formula is C19H29IN3O4+. The number of hydrogen-bond donors (Lipinski definition) is 3. The summed E-state index contributed by atoms with van der Waals surface area (Å²) in [5.41, 5.74) is 1.43. The van der Waals surface area contributed by atoms with Crippen LogP contribution in [0.15, 0.2) is 24.3 Å². The molecular weight excluding hydrogens is 461 g/mol. The number of amides is 2. The maximum Gasteiger partial charge on any atom is 0.550 e. The monoisotopic (exact) mass is 490 g/mol. The first-order valence-corrected chi connectivity index (χ1v) is 10.1. The molecule has 1 rings (SSSR count). The number of ether oxygens (including phenoxy) is 1. The van der Waals surface area contributed by atoms with E-state index in [1.165, 1.54) is 22.6 Å². The molecule has 0 spiro atoms. The zero-order chi connectivity index (χ0) is 20.6. The summed E-state index contributed by atoms with van der Waals surface area (Å²) < 4.78 is 4.59. The molecule has 2 atom stereocenters. The smallest absolute Gasteiger partial charge is 0.423 e. The molecule has 0 aromatic heterocycles. The van der Waals surface area contributed by atoms with E-state index in [1.807, 2.05) is 27.7 Å². The van der Waals surface area contributed by atoms with Gasteiger partial charge in [0.1, 0.15) is 12.6 Å². The highest BCUT2D eigenvalue weighted by molar-refractivity contribution is 5.97. The van der Waals surface area contributed by atoms with Crippen molar-refractivity contribution in [1.29, 1.82) is 0 Å². The Balaban J connectivity index is 2.60. The first-order chi connectivity index (χ1) is 12.6. The summed E-state index contributed by atoms with van der Waals surface area (Å²) in [6.07, 6.45) is 0. The van der Waals surface area contributed by atoms with Crippen molar-refractivity contribution in [1.82, 2.24) is 10.6 Å². The van der Waals surface area contributed by atoms with Crippen molar-refractivity contribution in [2.24, 2.45) is 5.92 Å². The summed E-state index contributed by atoms with van der Waals surface area (Å²) in [5.74, 6) is -0.394. The largest absolute Gasteiger partial charge is 0.550 e. The highest BCUT2D eigenvalue weighted by atomic mass is 127. The van der Waals surface area contributed by atoms with E-state index in [-0.39, 0.29) is 40.4 Å². The van der Waals surface area contributed by atoms with Crippen LogP contribution < -0.4 is 38.5 Å². The molecule has 0 radical (unpaired) electrons. The van der Waals surface area contributed by atoms with Crippen molar-refractivity contribution < 1.29 is 41.7 Å². The van der Waals surface area contributed by atoms with E-state index in [0.717, 1.165) is 5.56 Å². The minimum absolute atomic E-state index is 0.104. The Morgan fingerprint density at radius 2 is 1.59 bits per heavy atom. The molecule has 0 bridgehead atoms. The van der Waals surface area contributed by atoms with E-state index in [9.17, 15) is 14.4 Å². The molecule has 0 saturated heterocycles. The highest BCUT2D eigenvalue weighted by Crippen LogP contribution is 2.11. The number of hydrogen-bond acceptors (Lipinski definition) is 5. The van der Waals surface area contributed by atoms with Gasteiger partial charge < -0.3 is 20.7 Å². The molecule has 2 amide bonds. The Morgan fingerprint density at radius 3 is 2.07 bits per heavy atom. The van der Waals surface area contributed by atoms with E-state index in [2.05, 4.69) is 16.0 Å². The van der Waals surface area contributed by atoms with E-state index in [0.29, 0.717) is 5.69 Å². The van der Waals surface area contributed by atoms with Gasteiger partial charge in [-0.05, 0) is 30.5 Å². The van der Waals surface area contributed by atoms with Gasteiger partial charge in [-0.2, -0.15) is 4.79 Å². The lowest BCUT2D eigenvalue weighted by Gasteiger charge is -2.25. The Morgan fingerprint density at radius 1 is 1.00 bits per heavy atom. The topological polar surface area (TPSA) is 96.5 Å². The molecule has 27 heavy (non-hydrogen) atoms. The minimum Gasteiger partial charge on any atom is -0.423 e. The molecule has 0 heterocycles. The van der Waals surface area contributed by atoms with Crippen molar-refractivity contribution >= 4 is 21.5 Å². The van der Waals surface area contributed by atoms with Crippen LogP contribution in [0.4, 0.5) is 10.5 Å². The molecule has 0 aliphatic heterocycles. The number of carbonyl (C=O) groups is 3. The standard InChI is InChI=1S/C19H28IN3O4/c1-11(2)16(21-12(3)4)18(25)22-13(5)17(24)23-15-8-6-14(7-9-15)10-27-19(20)26/h6-9,11-13,16,20-21H,10H2,1-5H3,(H-,22,23,24,25)/p+1/t13-,16-/m0/s1. The molecule has 3 N–H and O–H groups in total. The van der Waals surface area contributed by atoms with Crippen molar-refractivity contribution in [2.75, 3.05) is 5.32 Å². The molecule has 7 nitrogen and oxygen atoms in total. The maximum absolute atomic E-state index is 12.5. The molecule has 1 aromatic rings. The quantitative estimate of drug-likeness (QED) is 0.307. The second kappa shape index (κ2) is 11.2. The summed E-state index contributed by atoms with van der Waals surface area (Å²) in [5, 5.41) is 8.75. The van der Waals surface area contributed by atoms with Crippen LogP contribution >= 0.6 is 0 Å². The fourth-order valence-electron chi connectivity index (χ4n) is 2.38. The summed E-state index contributed by atoms with van der Waals surface area (Å²) in [6, 6.07) is 6.12. The number of benzene rings is 1. The van der Waals surface area contributed by atoms with Crippen LogP contribution in [0, 0.1) is 5.92 Å². The molecule has 0 saturated carbocycles. The van der Waals surface area contributed by atoms with Crippen LogP contribution in [0.25, 0.3) is 0 Å². The van der Waals surface area contributed by atoms with E-state index in [4.69, 9.17) is 4.74 Å². The van der Waals surface area contributed by atoms with Crippen molar-refractivity contribution in [2.45, 2.75) is 59.4 Å². The van der Waals surface area contributed by atoms with Gasteiger partial charge in [0.05, 0.1) is 6.04 Å². The van der Waals surface area contributed by atoms with Crippen LogP contribution in [-0.2, 0) is 20.9 Å². The zero-order valence-corrected chi connectivity index (χ0v) is 18.7. The normalized spacial score (nSPS) is 13.2. The Hall–Kier alpha value is -1.68. The lowest BCUT2D eigenvalue weighted by atomic mass is 10.0. The van der Waals surface area contributed by atoms with Gasteiger partial charge in [0.2, 0.25) is 11.8 Å². The van der Waals surface area contributed by atoms with Gasteiger partial charge in [0, 0.05) is 11.7 Å². The van der Waals surface area contributed by atoms with Crippen LogP contribution in [0.5, 0.6) is 0 Å². The third-order valence-corrected chi connectivity index (χ3v) is 4.13. The number of carbonyl (C=O) groups excluding carboxylic acids is 3. The SMILES string of the molecule is CC(C)N[C@H](C(=O)N[C@@H](C)C(=O)Nc1ccc(COC(=O)[IH+])cc1)C(C)C. The van der Waals surface area contributed by atoms with Crippen LogP contribution in [0.1, 0.15) is 40.2 Å². The van der Waals surface area contributed by atoms with Crippen LogP contribution in [-0.4, -0.2) is 33.9 Å². The van der Waals surface area contributed by atoms with Gasteiger partial charge in [0.25, 0.3) is 0 Å².